The van der Waals surface area contributed by atoms with Gasteiger partial charge in [-0.25, -0.2) is 4.39 Å². The fourth-order valence-electron chi connectivity index (χ4n) is 1.38. The summed E-state index contributed by atoms with van der Waals surface area (Å²) >= 11 is 1.42. The van der Waals surface area contributed by atoms with Crippen LogP contribution in [-0.2, 0) is 0 Å². The Morgan fingerprint density at radius 1 is 1.44 bits per heavy atom. The second-order valence-electron chi connectivity index (χ2n) is 4.12. The Balaban J connectivity index is 2.70. The maximum absolute atomic E-state index is 13.0. The zero-order valence-corrected chi connectivity index (χ0v) is 10.4. The largest absolute Gasteiger partial charge is 0.395 e. The molecule has 0 amide bonds. The van der Waals surface area contributed by atoms with Gasteiger partial charge in [0.15, 0.2) is 0 Å². The van der Waals surface area contributed by atoms with Crippen LogP contribution in [0.3, 0.4) is 0 Å². The molecule has 16 heavy (non-hydrogen) atoms. The van der Waals surface area contributed by atoms with Crippen molar-refractivity contribution in [2.24, 2.45) is 11.7 Å². The molecule has 0 spiro atoms. The summed E-state index contributed by atoms with van der Waals surface area (Å²) in [7, 11) is 0. The average molecular weight is 243 g/mol. The van der Waals surface area contributed by atoms with Gasteiger partial charge in [0.05, 0.1) is 6.61 Å². The summed E-state index contributed by atoms with van der Waals surface area (Å²) in [6.07, 6.45) is 0. The van der Waals surface area contributed by atoms with E-state index in [1.807, 2.05) is 19.9 Å². The summed E-state index contributed by atoms with van der Waals surface area (Å²) in [5.74, 6) is 0.0259. The lowest BCUT2D eigenvalue weighted by atomic mass is 10.0. The fourth-order valence-corrected chi connectivity index (χ4v) is 2.62. The third-order valence-corrected chi connectivity index (χ3v) is 3.75. The Kier molecular flexibility index (Phi) is 5.25. The van der Waals surface area contributed by atoms with Gasteiger partial charge in [0.1, 0.15) is 5.82 Å². The molecule has 2 atom stereocenters. The van der Waals surface area contributed by atoms with Gasteiger partial charge < -0.3 is 10.8 Å². The van der Waals surface area contributed by atoms with Crippen molar-refractivity contribution in [1.82, 2.24) is 0 Å². The van der Waals surface area contributed by atoms with Gasteiger partial charge in [0, 0.05) is 16.2 Å². The van der Waals surface area contributed by atoms with Gasteiger partial charge in [0.2, 0.25) is 0 Å². The summed E-state index contributed by atoms with van der Waals surface area (Å²) in [5, 5.41) is 9.19. The molecule has 1 aromatic carbocycles. The van der Waals surface area contributed by atoms with E-state index in [0.29, 0.717) is 5.92 Å². The summed E-state index contributed by atoms with van der Waals surface area (Å²) in [4.78, 5) is 0.801. The van der Waals surface area contributed by atoms with Gasteiger partial charge in [-0.1, -0.05) is 19.9 Å². The normalized spacial score (nSPS) is 15.1. The highest BCUT2D eigenvalue weighted by Crippen LogP contribution is 2.27. The van der Waals surface area contributed by atoms with Gasteiger partial charge in [-0.3, -0.25) is 0 Å². The number of aliphatic hydroxyl groups is 1. The van der Waals surface area contributed by atoms with Crippen LogP contribution in [0.25, 0.3) is 0 Å². The Morgan fingerprint density at radius 3 is 2.62 bits per heavy atom. The minimum atomic E-state index is -0.264. The Labute approximate surface area is 100 Å². The molecule has 90 valence electrons. The van der Waals surface area contributed by atoms with Gasteiger partial charge in [-0.15, -0.1) is 11.8 Å². The summed E-state index contributed by atoms with van der Waals surface area (Å²) in [5.41, 5.74) is 5.98. The van der Waals surface area contributed by atoms with Crippen LogP contribution in [0.4, 0.5) is 4.39 Å². The molecule has 4 heteroatoms. The SMILES string of the molecule is CC(C)C(N)C(CO)Sc1cccc(F)c1. The number of aliphatic hydroxyl groups excluding tert-OH is 1. The lowest BCUT2D eigenvalue weighted by Gasteiger charge is -2.24. The van der Waals surface area contributed by atoms with Gasteiger partial charge in [0.25, 0.3) is 0 Å². The zero-order valence-electron chi connectivity index (χ0n) is 9.56. The van der Waals surface area contributed by atoms with Crippen molar-refractivity contribution in [2.75, 3.05) is 6.61 Å². The maximum atomic E-state index is 13.0. The molecular weight excluding hydrogens is 225 g/mol. The summed E-state index contributed by atoms with van der Waals surface area (Å²) < 4.78 is 13.0. The molecule has 0 saturated carbocycles. The minimum absolute atomic E-state index is 0.000522. The van der Waals surface area contributed by atoms with Crippen LogP contribution in [0.5, 0.6) is 0 Å². The van der Waals surface area contributed by atoms with E-state index in [1.54, 1.807) is 6.07 Å². The third-order valence-electron chi connectivity index (χ3n) is 2.46. The van der Waals surface area contributed by atoms with E-state index >= 15 is 0 Å². The van der Waals surface area contributed by atoms with Gasteiger partial charge >= 0.3 is 0 Å². The van der Waals surface area contributed by atoms with Crippen LogP contribution in [0.15, 0.2) is 29.2 Å². The van der Waals surface area contributed by atoms with E-state index in [0.717, 1.165) is 4.90 Å². The van der Waals surface area contributed by atoms with Crippen LogP contribution in [-0.4, -0.2) is 23.0 Å². The highest BCUT2D eigenvalue weighted by Gasteiger charge is 2.21. The molecule has 3 N–H and O–H groups in total. The second kappa shape index (κ2) is 6.23. The lowest BCUT2D eigenvalue weighted by Crippen LogP contribution is -2.39. The Morgan fingerprint density at radius 2 is 2.12 bits per heavy atom. The molecule has 0 aliphatic heterocycles. The first kappa shape index (κ1) is 13.5. The standard InChI is InChI=1S/C12H18FNOS/c1-8(2)12(14)11(7-15)16-10-5-3-4-9(13)6-10/h3-6,8,11-12,15H,7,14H2,1-2H3. The van der Waals surface area contributed by atoms with E-state index < -0.39 is 0 Å². The van der Waals surface area contributed by atoms with Crippen LogP contribution in [0, 0.1) is 11.7 Å². The summed E-state index contributed by atoms with van der Waals surface area (Å²) in [6, 6.07) is 6.25. The van der Waals surface area contributed by atoms with E-state index in [-0.39, 0.29) is 23.7 Å². The maximum Gasteiger partial charge on any atom is 0.124 e. The van der Waals surface area contributed by atoms with E-state index in [4.69, 9.17) is 5.73 Å². The molecule has 0 fully saturated rings. The predicted octanol–water partition coefficient (Wildman–Crippen LogP) is 2.26. The molecule has 0 bridgehead atoms. The molecular formula is C12H18FNOS. The molecule has 0 radical (unpaired) electrons. The van der Waals surface area contributed by atoms with Crippen molar-refractivity contribution in [1.29, 1.82) is 0 Å². The Hall–Kier alpha value is -0.580. The zero-order chi connectivity index (χ0) is 12.1. The number of nitrogens with two attached hydrogens (primary N) is 1. The molecule has 0 heterocycles. The summed E-state index contributed by atoms with van der Waals surface area (Å²) in [6.45, 7) is 4.03. The number of benzene rings is 1. The molecule has 0 aromatic heterocycles. The topological polar surface area (TPSA) is 46.2 Å². The van der Waals surface area contributed by atoms with E-state index in [2.05, 4.69) is 0 Å². The molecule has 2 nitrogen and oxygen atoms in total. The van der Waals surface area contributed by atoms with Crippen molar-refractivity contribution in [3.05, 3.63) is 30.1 Å². The first-order valence-electron chi connectivity index (χ1n) is 5.33. The second-order valence-corrected chi connectivity index (χ2v) is 5.43. The average Bonchev–Trinajstić information content (AvgIpc) is 2.25. The van der Waals surface area contributed by atoms with Crippen LogP contribution >= 0.6 is 11.8 Å². The molecule has 2 unspecified atom stereocenters. The van der Waals surface area contributed by atoms with Crippen molar-refractivity contribution in [3.63, 3.8) is 0 Å². The number of thioether (sulfide) groups is 1. The van der Waals surface area contributed by atoms with E-state index in [1.165, 1.54) is 23.9 Å². The van der Waals surface area contributed by atoms with Gasteiger partial charge in [-0.2, -0.15) is 0 Å². The number of hydrogen-bond acceptors (Lipinski definition) is 3. The number of hydrogen-bond donors (Lipinski definition) is 2. The smallest absolute Gasteiger partial charge is 0.124 e. The molecule has 0 aliphatic rings. The minimum Gasteiger partial charge on any atom is -0.395 e. The highest BCUT2D eigenvalue weighted by molar-refractivity contribution is 8.00. The van der Waals surface area contributed by atoms with Gasteiger partial charge in [-0.05, 0) is 24.1 Å². The molecule has 1 aromatic rings. The monoisotopic (exact) mass is 243 g/mol. The van der Waals surface area contributed by atoms with Crippen molar-refractivity contribution < 1.29 is 9.50 Å². The first-order valence-corrected chi connectivity index (χ1v) is 6.21. The van der Waals surface area contributed by atoms with Crippen LogP contribution in [0.2, 0.25) is 0 Å². The fraction of sp³-hybridized carbons (Fsp3) is 0.500. The number of halogens is 1. The van der Waals surface area contributed by atoms with Crippen LogP contribution < -0.4 is 5.73 Å². The van der Waals surface area contributed by atoms with Crippen molar-refractivity contribution in [2.45, 2.75) is 30.0 Å². The first-order chi connectivity index (χ1) is 7.54. The van der Waals surface area contributed by atoms with E-state index in [9.17, 15) is 9.50 Å². The molecule has 1 rings (SSSR count). The Bertz CT molecular complexity index is 333. The van der Waals surface area contributed by atoms with Crippen molar-refractivity contribution >= 4 is 11.8 Å². The van der Waals surface area contributed by atoms with Crippen LogP contribution in [0.1, 0.15) is 13.8 Å². The quantitative estimate of drug-likeness (QED) is 0.780. The lowest BCUT2D eigenvalue weighted by molar-refractivity contribution is 0.269. The predicted molar refractivity (Wildman–Crippen MR) is 65.9 cm³/mol. The molecule has 0 saturated heterocycles. The molecule has 0 aliphatic carbocycles. The third kappa shape index (κ3) is 3.77. The number of rotatable bonds is 5. The highest BCUT2D eigenvalue weighted by atomic mass is 32.2. The van der Waals surface area contributed by atoms with Crippen molar-refractivity contribution in [3.8, 4) is 0 Å².